The number of primary amides is 1. The summed E-state index contributed by atoms with van der Waals surface area (Å²) in [5.74, 6) is 0.164. The molecule has 0 spiro atoms. The Hall–Kier alpha value is -1.84. The van der Waals surface area contributed by atoms with Crippen molar-refractivity contribution in [1.29, 1.82) is 0 Å². The molecule has 0 aromatic heterocycles. The van der Waals surface area contributed by atoms with Crippen LogP contribution in [0.3, 0.4) is 0 Å². The fourth-order valence-electron chi connectivity index (χ4n) is 1.31. The van der Waals surface area contributed by atoms with Crippen molar-refractivity contribution in [2.45, 2.75) is 13.8 Å². The van der Waals surface area contributed by atoms with Gasteiger partial charge in [0.05, 0.1) is 5.57 Å². The number of nitrogens with two attached hydrogens (primary N) is 1. The lowest BCUT2D eigenvalue weighted by Crippen LogP contribution is -2.18. The summed E-state index contributed by atoms with van der Waals surface area (Å²) in [6.07, 6.45) is 2.98. The van der Waals surface area contributed by atoms with Crippen molar-refractivity contribution in [2.24, 2.45) is 10.7 Å². The van der Waals surface area contributed by atoms with Gasteiger partial charge >= 0.3 is 0 Å². The molecule has 1 aliphatic heterocycles. The van der Waals surface area contributed by atoms with E-state index in [2.05, 4.69) is 16.9 Å². The van der Waals surface area contributed by atoms with Gasteiger partial charge < -0.3 is 11.1 Å². The molecule has 1 amide bonds. The fraction of sp³-hybridized carbons (Fsp3) is 0.200. The number of carbonyl (C=O) groups is 1. The highest BCUT2D eigenvalue weighted by molar-refractivity contribution is 6.16. The molecule has 0 saturated carbocycles. The summed E-state index contributed by atoms with van der Waals surface area (Å²) in [5.41, 5.74) is 7.43. The van der Waals surface area contributed by atoms with Gasteiger partial charge in [-0.05, 0) is 13.8 Å². The van der Waals surface area contributed by atoms with E-state index in [0.717, 1.165) is 11.1 Å². The van der Waals surface area contributed by atoms with Crippen molar-refractivity contribution >= 4 is 11.7 Å². The van der Waals surface area contributed by atoms with E-state index in [1.54, 1.807) is 6.20 Å². The van der Waals surface area contributed by atoms with E-state index < -0.39 is 5.91 Å². The molecule has 4 heteroatoms. The van der Waals surface area contributed by atoms with Crippen LogP contribution in [0.2, 0.25) is 0 Å². The Bertz CT molecular complexity index is 371. The van der Waals surface area contributed by atoms with Crippen molar-refractivity contribution in [2.75, 3.05) is 0 Å². The number of amidine groups is 1. The molecule has 3 N–H and O–H groups in total. The third-order valence-corrected chi connectivity index (χ3v) is 1.85. The van der Waals surface area contributed by atoms with Crippen LogP contribution in [0.25, 0.3) is 0 Å². The Morgan fingerprint density at radius 2 is 2.29 bits per heavy atom. The van der Waals surface area contributed by atoms with Crippen LogP contribution in [-0.2, 0) is 4.79 Å². The Morgan fingerprint density at radius 3 is 2.71 bits per heavy atom. The molecular weight excluding hydrogens is 178 g/mol. The minimum Gasteiger partial charge on any atom is -0.366 e. The molecule has 0 aromatic rings. The first-order valence-electron chi connectivity index (χ1n) is 4.21. The first-order valence-corrected chi connectivity index (χ1v) is 4.21. The minimum absolute atomic E-state index is 0.456. The van der Waals surface area contributed by atoms with Crippen LogP contribution in [-0.4, -0.2) is 11.7 Å². The van der Waals surface area contributed by atoms with Crippen molar-refractivity contribution in [3.63, 3.8) is 0 Å². The molecule has 74 valence electrons. The summed E-state index contributed by atoms with van der Waals surface area (Å²) in [6, 6.07) is 0. The van der Waals surface area contributed by atoms with E-state index in [-0.39, 0.29) is 0 Å². The molecule has 0 atom stereocenters. The molecule has 0 bridgehead atoms. The number of allylic oxidation sites excluding steroid dienone is 1. The summed E-state index contributed by atoms with van der Waals surface area (Å²) in [6.45, 7) is 7.30. The zero-order valence-corrected chi connectivity index (χ0v) is 8.29. The number of amides is 1. The zero-order chi connectivity index (χ0) is 10.7. The number of aliphatic imine (C=N–C) groups is 1. The number of nitrogens with one attached hydrogen (secondary N) is 1. The summed E-state index contributed by atoms with van der Waals surface area (Å²) in [5, 5.41) is 2.88. The first-order chi connectivity index (χ1) is 6.57. The lowest BCUT2D eigenvalue weighted by atomic mass is 10.0. The molecule has 0 saturated heterocycles. The SMILES string of the molecule is C=C/N=C1/NC=C(C(N)=O)C1=C(C)C. The maximum Gasteiger partial charge on any atom is 0.250 e. The summed E-state index contributed by atoms with van der Waals surface area (Å²) in [7, 11) is 0. The van der Waals surface area contributed by atoms with E-state index >= 15 is 0 Å². The van der Waals surface area contributed by atoms with Gasteiger partial charge in [-0.3, -0.25) is 4.79 Å². The zero-order valence-electron chi connectivity index (χ0n) is 8.29. The molecule has 0 aliphatic carbocycles. The molecule has 1 heterocycles. The van der Waals surface area contributed by atoms with E-state index in [4.69, 9.17) is 5.73 Å². The molecule has 0 unspecified atom stereocenters. The molecule has 1 rings (SSSR count). The van der Waals surface area contributed by atoms with E-state index in [1.165, 1.54) is 6.20 Å². The first kappa shape index (κ1) is 10.2. The van der Waals surface area contributed by atoms with Gasteiger partial charge in [-0.25, -0.2) is 4.99 Å². The number of carbonyl (C=O) groups excluding carboxylic acids is 1. The van der Waals surface area contributed by atoms with Crippen molar-refractivity contribution in [1.82, 2.24) is 5.32 Å². The maximum absolute atomic E-state index is 11.1. The number of nitrogens with zero attached hydrogens (tertiary/aromatic N) is 1. The van der Waals surface area contributed by atoms with Gasteiger partial charge in [0.15, 0.2) is 0 Å². The van der Waals surface area contributed by atoms with Gasteiger partial charge in [-0.2, -0.15) is 0 Å². The maximum atomic E-state index is 11.1. The number of rotatable bonds is 2. The van der Waals surface area contributed by atoms with Gasteiger partial charge in [0.25, 0.3) is 5.91 Å². The molecular formula is C10H13N3O. The molecule has 0 aromatic carbocycles. The molecule has 0 fully saturated rings. The quantitative estimate of drug-likeness (QED) is 0.679. The second-order valence-electron chi connectivity index (χ2n) is 3.10. The van der Waals surface area contributed by atoms with Gasteiger partial charge in [0, 0.05) is 18.0 Å². The second kappa shape index (κ2) is 3.91. The Morgan fingerprint density at radius 1 is 1.64 bits per heavy atom. The monoisotopic (exact) mass is 191 g/mol. The fourth-order valence-corrected chi connectivity index (χ4v) is 1.31. The third-order valence-electron chi connectivity index (χ3n) is 1.85. The number of hydrogen-bond acceptors (Lipinski definition) is 2. The Balaban J connectivity index is 3.19. The van der Waals surface area contributed by atoms with Gasteiger partial charge in [0.1, 0.15) is 5.84 Å². The van der Waals surface area contributed by atoms with Gasteiger partial charge in [0.2, 0.25) is 0 Å². The van der Waals surface area contributed by atoms with Crippen LogP contribution in [0.4, 0.5) is 0 Å². The lowest BCUT2D eigenvalue weighted by Gasteiger charge is -2.04. The lowest BCUT2D eigenvalue weighted by molar-refractivity contribution is -0.114. The summed E-state index contributed by atoms with van der Waals surface area (Å²) in [4.78, 5) is 15.1. The summed E-state index contributed by atoms with van der Waals surface area (Å²) >= 11 is 0. The smallest absolute Gasteiger partial charge is 0.250 e. The predicted molar refractivity (Wildman–Crippen MR) is 56.4 cm³/mol. The van der Waals surface area contributed by atoms with E-state index in [0.29, 0.717) is 11.4 Å². The largest absolute Gasteiger partial charge is 0.366 e. The Kier molecular flexibility index (Phi) is 2.86. The molecule has 0 radical (unpaired) electrons. The van der Waals surface area contributed by atoms with Gasteiger partial charge in [-0.15, -0.1) is 0 Å². The average molecular weight is 191 g/mol. The highest BCUT2D eigenvalue weighted by Crippen LogP contribution is 2.20. The van der Waals surface area contributed by atoms with Crippen LogP contribution < -0.4 is 11.1 Å². The van der Waals surface area contributed by atoms with E-state index in [1.807, 2.05) is 13.8 Å². The standard InChI is InChI=1S/C10H13N3O/c1-4-12-10-8(6(2)3)7(5-13-10)9(11)14/h4-5H,1H2,2-3H3,(H2,11,14)(H,12,13). The van der Waals surface area contributed by atoms with Crippen molar-refractivity contribution in [3.05, 3.63) is 35.7 Å². The van der Waals surface area contributed by atoms with Crippen LogP contribution >= 0.6 is 0 Å². The molecule has 4 nitrogen and oxygen atoms in total. The average Bonchev–Trinajstić information content (AvgIpc) is 2.48. The van der Waals surface area contributed by atoms with Crippen molar-refractivity contribution < 1.29 is 4.79 Å². The van der Waals surface area contributed by atoms with Crippen molar-refractivity contribution in [3.8, 4) is 0 Å². The topological polar surface area (TPSA) is 67.5 Å². The predicted octanol–water partition coefficient (Wildman–Crippen LogP) is 0.837. The van der Waals surface area contributed by atoms with Crippen LogP contribution in [0.15, 0.2) is 40.7 Å². The second-order valence-corrected chi connectivity index (χ2v) is 3.10. The number of hydrogen-bond donors (Lipinski definition) is 2. The third kappa shape index (κ3) is 1.74. The van der Waals surface area contributed by atoms with E-state index in [9.17, 15) is 4.79 Å². The van der Waals surface area contributed by atoms with Crippen LogP contribution in [0, 0.1) is 0 Å². The molecule has 1 aliphatic rings. The van der Waals surface area contributed by atoms with Gasteiger partial charge in [-0.1, -0.05) is 12.2 Å². The minimum atomic E-state index is -0.456. The van der Waals surface area contributed by atoms with Crippen LogP contribution in [0.5, 0.6) is 0 Å². The normalized spacial score (nSPS) is 17.7. The highest BCUT2D eigenvalue weighted by atomic mass is 16.1. The van der Waals surface area contributed by atoms with Crippen LogP contribution in [0.1, 0.15) is 13.8 Å². The summed E-state index contributed by atoms with van der Waals surface area (Å²) < 4.78 is 0. The highest BCUT2D eigenvalue weighted by Gasteiger charge is 2.23. The molecule has 14 heavy (non-hydrogen) atoms. The Labute approximate surface area is 82.9 Å².